The Morgan fingerprint density at radius 3 is 2.50 bits per heavy atom. The predicted octanol–water partition coefficient (Wildman–Crippen LogP) is 2.69. The van der Waals surface area contributed by atoms with Crippen LogP contribution in [0, 0.1) is 0 Å². The summed E-state index contributed by atoms with van der Waals surface area (Å²) in [5, 5.41) is 13.9. The third-order valence-electron chi connectivity index (χ3n) is 2.72. The molecule has 7 nitrogen and oxygen atoms in total. The van der Waals surface area contributed by atoms with Crippen molar-refractivity contribution in [2.24, 2.45) is 0 Å². The Morgan fingerprint density at radius 1 is 1.29 bits per heavy atom. The second-order valence-corrected chi connectivity index (χ2v) is 4.34. The molecule has 0 atom stereocenters. The number of methoxy groups -OCH3 is 1. The summed E-state index contributed by atoms with van der Waals surface area (Å²) in [4.78, 5) is 14.6. The van der Waals surface area contributed by atoms with E-state index in [1.54, 1.807) is 0 Å². The fourth-order valence-electron chi connectivity index (χ4n) is 1.53. The van der Waals surface area contributed by atoms with Crippen LogP contribution in [-0.2, 0) is 5.92 Å². The number of amides is 1. The number of alkyl halides is 5. The molecule has 1 aromatic heterocycles. The van der Waals surface area contributed by atoms with Crippen LogP contribution in [-0.4, -0.2) is 34.4 Å². The molecule has 2 rings (SSSR count). The highest BCUT2D eigenvalue weighted by Gasteiger charge is 2.62. The first-order valence-electron chi connectivity index (χ1n) is 6.03. The monoisotopic (exact) mass is 353 g/mol. The number of hydrogen-bond donors (Lipinski definition) is 2. The number of aromatic nitrogens is 2. The van der Waals surface area contributed by atoms with E-state index >= 15 is 0 Å². The average Bonchev–Trinajstić information content (AvgIpc) is 2.95. The van der Waals surface area contributed by atoms with E-state index in [1.165, 1.54) is 19.2 Å². The van der Waals surface area contributed by atoms with Gasteiger partial charge < -0.3 is 14.4 Å². The topological polar surface area (TPSA) is 97.5 Å². The molecule has 0 unspecified atom stereocenters. The summed E-state index contributed by atoms with van der Waals surface area (Å²) in [5.41, 5.74) is -0.157. The zero-order valence-corrected chi connectivity index (χ0v) is 11.7. The summed E-state index contributed by atoms with van der Waals surface area (Å²) < 4.78 is 71.4. The van der Waals surface area contributed by atoms with Gasteiger partial charge in [0.05, 0.1) is 7.11 Å². The van der Waals surface area contributed by atoms with E-state index in [2.05, 4.69) is 14.7 Å². The van der Waals surface area contributed by atoms with Crippen molar-refractivity contribution >= 4 is 11.9 Å². The number of carbonyl (C=O) groups is 1. The Hall–Kier alpha value is -2.92. The Morgan fingerprint density at radius 2 is 1.96 bits per heavy atom. The predicted molar refractivity (Wildman–Crippen MR) is 66.9 cm³/mol. The highest BCUT2D eigenvalue weighted by molar-refractivity contribution is 6.03. The van der Waals surface area contributed by atoms with Crippen LogP contribution in [0.4, 0.5) is 28.0 Å². The molecule has 1 heterocycles. The number of halogens is 5. The van der Waals surface area contributed by atoms with Crippen LogP contribution in [0.1, 0.15) is 16.2 Å². The molecular formula is C12H8F5N3O4. The zero-order chi connectivity index (χ0) is 18.1. The lowest BCUT2D eigenvalue weighted by Gasteiger charge is -2.14. The first-order valence-corrected chi connectivity index (χ1v) is 6.03. The summed E-state index contributed by atoms with van der Waals surface area (Å²) >= 11 is 0. The Balaban J connectivity index is 2.18. The number of anilines is 1. The molecule has 12 heteroatoms. The molecular weight excluding hydrogens is 345 g/mol. The molecule has 1 aromatic carbocycles. The lowest BCUT2D eigenvalue weighted by Crippen LogP contribution is -2.34. The molecule has 0 aliphatic rings. The Kier molecular flexibility index (Phi) is 4.32. The average molecular weight is 353 g/mol. The molecule has 0 fully saturated rings. The van der Waals surface area contributed by atoms with Gasteiger partial charge in [0.2, 0.25) is 0 Å². The fourth-order valence-corrected chi connectivity index (χ4v) is 1.53. The number of nitrogens with zero attached hydrogens (tertiary/aromatic N) is 2. The number of benzene rings is 1. The zero-order valence-electron chi connectivity index (χ0n) is 11.7. The molecule has 0 spiro atoms. The van der Waals surface area contributed by atoms with E-state index in [0.29, 0.717) is 0 Å². The molecule has 0 saturated carbocycles. The smallest absolute Gasteiger partial charge is 0.461 e. The van der Waals surface area contributed by atoms with Gasteiger partial charge in [-0.2, -0.15) is 26.9 Å². The van der Waals surface area contributed by atoms with E-state index in [1.807, 2.05) is 5.32 Å². The van der Waals surface area contributed by atoms with Crippen LogP contribution in [0.15, 0.2) is 22.7 Å². The van der Waals surface area contributed by atoms with Crippen molar-refractivity contribution in [1.82, 2.24) is 10.1 Å². The lowest BCUT2D eigenvalue weighted by atomic mass is 10.2. The maximum atomic E-state index is 13.0. The molecule has 0 radical (unpaired) electrons. The minimum atomic E-state index is -5.92. The van der Waals surface area contributed by atoms with Gasteiger partial charge >= 0.3 is 18.1 Å². The van der Waals surface area contributed by atoms with E-state index in [4.69, 9.17) is 4.74 Å². The SMILES string of the molecule is COc1ccc(C(=O)Nc2nc(C(F)(F)C(F)(F)F)no2)cc1O. The maximum Gasteiger partial charge on any atom is 0.461 e. The molecule has 2 aromatic rings. The third kappa shape index (κ3) is 3.21. The van der Waals surface area contributed by atoms with Crippen molar-refractivity contribution in [2.45, 2.75) is 12.1 Å². The summed E-state index contributed by atoms with van der Waals surface area (Å²) in [5.74, 6) is -8.59. The van der Waals surface area contributed by atoms with Crippen molar-refractivity contribution < 1.29 is 41.1 Å². The second-order valence-electron chi connectivity index (χ2n) is 4.34. The number of phenols is 1. The van der Waals surface area contributed by atoms with Gasteiger partial charge in [-0.05, 0) is 18.2 Å². The highest BCUT2D eigenvalue weighted by atomic mass is 19.4. The number of carbonyl (C=O) groups excluding carboxylic acids is 1. The van der Waals surface area contributed by atoms with Crippen molar-refractivity contribution in [3.63, 3.8) is 0 Å². The second kappa shape index (κ2) is 5.94. The van der Waals surface area contributed by atoms with Crippen LogP contribution in [0.3, 0.4) is 0 Å². The van der Waals surface area contributed by atoms with Gasteiger partial charge in [-0.1, -0.05) is 5.16 Å². The number of ether oxygens (including phenoxy) is 1. The maximum absolute atomic E-state index is 13.0. The van der Waals surface area contributed by atoms with Crippen LogP contribution in [0.2, 0.25) is 0 Å². The van der Waals surface area contributed by atoms with Crippen LogP contribution in [0.25, 0.3) is 0 Å². The Labute approximate surface area is 130 Å². The molecule has 130 valence electrons. The molecule has 0 bridgehead atoms. The summed E-state index contributed by atoms with van der Waals surface area (Å²) in [6.45, 7) is 0. The molecule has 1 amide bonds. The van der Waals surface area contributed by atoms with Gasteiger partial charge in [0.15, 0.2) is 11.5 Å². The van der Waals surface area contributed by atoms with Crippen LogP contribution >= 0.6 is 0 Å². The first-order chi connectivity index (χ1) is 11.1. The van der Waals surface area contributed by atoms with Gasteiger partial charge in [0.1, 0.15) is 0 Å². The van der Waals surface area contributed by atoms with Gasteiger partial charge in [-0.15, -0.1) is 0 Å². The number of aromatic hydroxyl groups is 1. The number of phenolic OH excluding ortho intramolecular Hbond substituents is 1. The highest BCUT2D eigenvalue weighted by Crippen LogP contribution is 2.42. The minimum absolute atomic E-state index is 0.0662. The minimum Gasteiger partial charge on any atom is -0.504 e. The van der Waals surface area contributed by atoms with Gasteiger partial charge in [0, 0.05) is 5.56 Å². The number of nitrogens with one attached hydrogen (secondary N) is 1. The molecule has 0 aliphatic heterocycles. The van der Waals surface area contributed by atoms with Crippen molar-refractivity contribution in [1.29, 1.82) is 0 Å². The van der Waals surface area contributed by atoms with Gasteiger partial charge in [-0.25, -0.2) is 0 Å². The fraction of sp³-hybridized carbons (Fsp3) is 0.250. The Bertz CT molecular complexity index is 759. The van der Waals surface area contributed by atoms with Gasteiger partial charge in [-0.3, -0.25) is 10.1 Å². The van der Waals surface area contributed by atoms with Crippen molar-refractivity contribution in [2.75, 3.05) is 12.4 Å². The van der Waals surface area contributed by atoms with Crippen molar-refractivity contribution in [3.05, 3.63) is 29.6 Å². The third-order valence-corrected chi connectivity index (χ3v) is 2.72. The molecule has 0 saturated heterocycles. The molecule has 24 heavy (non-hydrogen) atoms. The van der Waals surface area contributed by atoms with E-state index in [9.17, 15) is 31.9 Å². The van der Waals surface area contributed by atoms with E-state index < -0.39 is 29.8 Å². The summed E-state index contributed by atoms with van der Waals surface area (Å²) in [7, 11) is 1.27. The van der Waals surface area contributed by atoms with Crippen LogP contribution in [0.5, 0.6) is 11.5 Å². The molecule has 2 N–H and O–H groups in total. The number of rotatable bonds is 4. The quantitative estimate of drug-likeness (QED) is 0.821. The lowest BCUT2D eigenvalue weighted by molar-refractivity contribution is -0.293. The van der Waals surface area contributed by atoms with Crippen molar-refractivity contribution in [3.8, 4) is 11.5 Å². The standard InChI is InChI=1S/C12H8F5N3O4/c1-23-7-3-2-5(4-6(7)21)8(22)18-10-19-9(20-24-10)11(13,14)12(15,16)17/h2-4,21H,1H3,(H,18,19,20,22). The summed E-state index contributed by atoms with van der Waals surface area (Å²) in [6.07, 6.45) is -5.92. The largest absolute Gasteiger partial charge is 0.504 e. The normalized spacial score (nSPS) is 12.1. The first kappa shape index (κ1) is 17.4. The summed E-state index contributed by atoms with van der Waals surface area (Å²) in [6, 6.07) is 2.46. The number of hydrogen-bond acceptors (Lipinski definition) is 6. The molecule has 0 aliphatic carbocycles. The van der Waals surface area contributed by atoms with Gasteiger partial charge in [0.25, 0.3) is 11.7 Å². The van der Waals surface area contributed by atoms with E-state index in [0.717, 1.165) is 6.07 Å². The van der Waals surface area contributed by atoms with E-state index in [-0.39, 0.29) is 17.1 Å². The van der Waals surface area contributed by atoms with Crippen LogP contribution < -0.4 is 10.1 Å².